The molecular weight excluding hydrogens is 256 g/mol. The van der Waals surface area contributed by atoms with Gasteiger partial charge in [-0.3, -0.25) is 0 Å². The lowest BCUT2D eigenvalue weighted by Crippen LogP contribution is -1.98. The van der Waals surface area contributed by atoms with Crippen LogP contribution in [-0.2, 0) is 0 Å². The van der Waals surface area contributed by atoms with E-state index in [1.54, 1.807) is 23.9 Å². The van der Waals surface area contributed by atoms with Crippen molar-refractivity contribution in [2.45, 2.75) is 24.0 Å². The molecule has 2 nitrogen and oxygen atoms in total. The largest absolute Gasteiger partial charge is 0.478 e. The predicted molar refractivity (Wildman–Crippen MR) is 79.8 cm³/mol. The Kier molecular flexibility index (Phi) is 4.27. The number of thioether (sulfide) groups is 1. The van der Waals surface area contributed by atoms with Gasteiger partial charge in [0.15, 0.2) is 0 Å². The number of carbonyl (C=O) groups is 1. The number of carboxylic acids is 1. The van der Waals surface area contributed by atoms with Gasteiger partial charge >= 0.3 is 5.97 Å². The molecule has 19 heavy (non-hydrogen) atoms. The van der Waals surface area contributed by atoms with Crippen molar-refractivity contribution in [2.75, 3.05) is 0 Å². The molecule has 0 aliphatic heterocycles. The van der Waals surface area contributed by atoms with Crippen LogP contribution in [0.2, 0.25) is 0 Å². The summed E-state index contributed by atoms with van der Waals surface area (Å²) in [5.41, 5.74) is 2.54. The molecule has 3 heteroatoms. The molecule has 2 aromatic carbocycles. The number of aromatic carboxylic acids is 1. The van der Waals surface area contributed by atoms with Crippen molar-refractivity contribution in [2.24, 2.45) is 0 Å². The highest BCUT2D eigenvalue weighted by Crippen LogP contribution is 2.34. The van der Waals surface area contributed by atoms with Crippen molar-refractivity contribution >= 4 is 17.7 Å². The van der Waals surface area contributed by atoms with Crippen LogP contribution in [0.25, 0.3) is 11.1 Å². The molecule has 0 radical (unpaired) electrons. The van der Waals surface area contributed by atoms with E-state index in [9.17, 15) is 4.79 Å². The lowest BCUT2D eigenvalue weighted by Gasteiger charge is -2.12. The second-order valence-electron chi connectivity index (χ2n) is 4.55. The van der Waals surface area contributed by atoms with Crippen molar-refractivity contribution in [3.63, 3.8) is 0 Å². The molecule has 0 aliphatic rings. The SMILES string of the molecule is CC(C)Sc1cc(C(=O)O)ccc1-c1ccccc1. The van der Waals surface area contributed by atoms with Gasteiger partial charge in [-0.05, 0) is 23.3 Å². The van der Waals surface area contributed by atoms with Gasteiger partial charge in [0, 0.05) is 10.1 Å². The Hall–Kier alpha value is -1.74. The average molecular weight is 272 g/mol. The molecule has 0 bridgehead atoms. The number of benzene rings is 2. The van der Waals surface area contributed by atoms with Crippen LogP contribution >= 0.6 is 11.8 Å². The molecule has 0 saturated carbocycles. The monoisotopic (exact) mass is 272 g/mol. The molecule has 0 amide bonds. The minimum Gasteiger partial charge on any atom is -0.478 e. The lowest BCUT2D eigenvalue weighted by molar-refractivity contribution is 0.0696. The first-order valence-electron chi connectivity index (χ1n) is 6.17. The molecule has 0 atom stereocenters. The molecule has 0 spiro atoms. The summed E-state index contributed by atoms with van der Waals surface area (Å²) < 4.78 is 0. The van der Waals surface area contributed by atoms with Crippen molar-refractivity contribution in [3.8, 4) is 11.1 Å². The summed E-state index contributed by atoms with van der Waals surface area (Å²) in [5.74, 6) is -0.884. The number of hydrogen-bond donors (Lipinski definition) is 1. The van der Waals surface area contributed by atoms with Gasteiger partial charge in [-0.2, -0.15) is 0 Å². The first kappa shape index (κ1) is 13.7. The summed E-state index contributed by atoms with van der Waals surface area (Å²) in [7, 11) is 0. The summed E-state index contributed by atoms with van der Waals surface area (Å²) in [6.07, 6.45) is 0. The molecule has 0 heterocycles. The van der Waals surface area contributed by atoms with E-state index in [2.05, 4.69) is 13.8 Å². The van der Waals surface area contributed by atoms with Gasteiger partial charge in [-0.1, -0.05) is 50.2 Å². The van der Waals surface area contributed by atoms with Gasteiger partial charge in [0.2, 0.25) is 0 Å². The summed E-state index contributed by atoms with van der Waals surface area (Å²) >= 11 is 1.69. The molecule has 0 fully saturated rings. The first-order chi connectivity index (χ1) is 9.08. The fourth-order valence-electron chi connectivity index (χ4n) is 1.86. The Morgan fingerprint density at radius 2 is 1.79 bits per heavy atom. The van der Waals surface area contributed by atoms with Gasteiger partial charge in [-0.15, -0.1) is 11.8 Å². The smallest absolute Gasteiger partial charge is 0.335 e. The Labute approximate surface area is 117 Å². The minimum absolute atomic E-state index is 0.336. The molecule has 0 aromatic heterocycles. The molecule has 0 saturated heterocycles. The van der Waals surface area contributed by atoms with E-state index in [0.29, 0.717) is 10.8 Å². The normalized spacial score (nSPS) is 10.7. The number of rotatable bonds is 4. The van der Waals surface area contributed by atoms with Crippen molar-refractivity contribution in [3.05, 3.63) is 54.1 Å². The third-order valence-corrected chi connectivity index (χ3v) is 3.74. The van der Waals surface area contributed by atoms with Crippen molar-refractivity contribution < 1.29 is 9.90 Å². The van der Waals surface area contributed by atoms with E-state index in [4.69, 9.17) is 5.11 Å². The van der Waals surface area contributed by atoms with Crippen molar-refractivity contribution in [1.29, 1.82) is 0 Å². The zero-order chi connectivity index (χ0) is 13.8. The van der Waals surface area contributed by atoms with Crippen LogP contribution in [0.5, 0.6) is 0 Å². The highest BCUT2D eigenvalue weighted by molar-refractivity contribution is 8.00. The minimum atomic E-state index is -0.884. The molecule has 98 valence electrons. The molecule has 2 rings (SSSR count). The zero-order valence-electron chi connectivity index (χ0n) is 11.0. The highest BCUT2D eigenvalue weighted by atomic mass is 32.2. The summed E-state index contributed by atoms with van der Waals surface area (Å²) in [5, 5.41) is 9.50. The van der Waals surface area contributed by atoms with Gasteiger partial charge in [0.05, 0.1) is 5.56 Å². The van der Waals surface area contributed by atoms with E-state index < -0.39 is 5.97 Å². The van der Waals surface area contributed by atoms with Gasteiger partial charge in [0.25, 0.3) is 0 Å². The van der Waals surface area contributed by atoms with E-state index >= 15 is 0 Å². The maximum absolute atomic E-state index is 11.1. The van der Waals surface area contributed by atoms with E-state index in [1.807, 2.05) is 36.4 Å². The highest BCUT2D eigenvalue weighted by Gasteiger charge is 2.11. The van der Waals surface area contributed by atoms with E-state index in [-0.39, 0.29) is 0 Å². The summed E-state index contributed by atoms with van der Waals surface area (Å²) in [6.45, 7) is 4.21. The van der Waals surface area contributed by atoms with Gasteiger partial charge in [0.1, 0.15) is 0 Å². The van der Waals surface area contributed by atoms with Crippen LogP contribution in [0.1, 0.15) is 24.2 Å². The quantitative estimate of drug-likeness (QED) is 0.829. The summed E-state index contributed by atoms with van der Waals surface area (Å²) in [4.78, 5) is 12.1. The standard InChI is InChI=1S/C16H16O2S/c1-11(2)19-15-10-13(16(17)18)8-9-14(15)12-6-4-3-5-7-12/h3-11H,1-2H3,(H,17,18). The second kappa shape index (κ2) is 5.93. The second-order valence-corrected chi connectivity index (χ2v) is 6.17. The summed E-state index contributed by atoms with van der Waals surface area (Å²) in [6, 6.07) is 15.4. The Bertz CT molecular complexity index is 577. The Morgan fingerprint density at radius 1 is 1.11 bits per heavy atom. The topological polar surface area (TPSA) is 37.3 Å². The van der Waals surface area contributed by atoms with Crippen LogP contribution in [0.15, 0.2) is 53.4 Å². The van der Waals surface area contributed by atoms with Gasteiger partial charge in [-0.25, -0.2) is 4.79 Å². The molecule has 2 aromatic rings. The predicted octanol–water partition coefficient (Wildman–Crippen LogP) is 4.55. The van der Waals surface area contributed by atoms with E-state index in [1.165, 1.54) is 0 Å². The van der Waals surface area contributed by atoms with Gasteiger partial charge < -0.3 is 5.11 Å². The van der Waals surface area contributed by atoms with E-state index in [0.717, 1.165) is 16.0 Å². The molecular formula is C16H16O2S. The van der Waals surface area contributed by atoms with Crippen LogP contribution in [0, 0.1) is 0 Å². The third-order valence-electron chi connectivity index (χ3n) is 2.68. The maximum atomic E-state index is 11.1. The lowest BCUT2D eigenvalue weighted by atomic mass is 10.0. The number of hydrogen-bond acceptors (Lipinski definition) is 2. The molecule has 1 N–H and O–H groups in total. The Morgan fingerprint density at radius 3 is 2.37 bits per heavy atom. The molecule has 0 unspecified atom stereocenters. The maximum Gasteiger partial charge on any atom is 0.335 e. The zero-order valence-corrected chi connectivity index (χ0v) is 11.8. The van der Waals surface area contributed by atoms with Crippen LogP contribution < -0.4 is 0 Å². The number of carboxylic acid groups (broad SMARTS) is 1. The molecule has 0 aliphatic carbocycles. The third kappa shape index (κ3) is 3.38. The van der Waals surface area contributed by atoms with Crippen LogP contribution in [0.4, 0.5) is 0 Å². The van der Waals surface area contributed by atoms with Crippen LogP contribution in [-0.4, -0.2) is 16.3 Å². The Balaban J connectivity index is 2.51. The fourth-order valence-corrected chi connectivity index (χ4v) is 2.88. The average Bonchev–Trinajstić information content (AvgIpc) is 2.39. The first-order valence-corrected chi connectivity index (χ1v) is 7.05. The van der Waals surface area contributed by atoms with Crippen molar-refractivity contribution in [1.82, 2.24) is 0 Å². The fraction of sp³-hybridized carbons (Fsp3) is 0.188. The van der Waals surface area contributed by atoms with Crippen LogP contribution in [0.3, 0.4) is 0 Å².